The van der Waals surface area contributed by atoms with Gasteiger partial charge in [0.15, 0.2) is 5.69 Å². The number of alkyl halides is 3. The van der Waals surface area contributed by atoms with Gasteiger partial charge in [-0.2, -0.15) is 18.3 Å². The number of anilines is 1. The molecule has 23 heteroatoms. The largest absolute Gasteiger partial charge is 0.496 e. The van der Waals surface area contributed by atoms with E-state index in [2.05, 4.69) is 10.6 Å². The summed E-state index contributed by atoms with van der Waals surface area (Å²) in [7, 11) is 3.33. The predicted octanol–water partition coefficient (Wildman–Crippen LogP) is 7.10. The van der Waals surface area contributed by atoms with Crippen LogP contribution in [0.4, 0.5) is 23.7 Å². The fourth-order valence-corrected chi connectivity index (χ4v) is 6.73. The van der Waals surface area contributed by atoms with Crippen LogP contribution in [0.3, 0.4) is 0 Å². The summed E-state index contributed by atoms with van der Waals surface area (Å²) in [5, 5.41) is 18.5. The van der Waals surface area contributed by atoms with E-state index in [4.69, 9.17) is 81.8 Å². The average molecular weight is 1020 g/mol. The molecule has 1 aliphatic rings. The highest BCUT2D eigenvalue weighted by molar-refractivity contribution is 6.34. The quantitative estimate of drug-likeness (QED) is 0.0488. The molecule has 0 radical (unpaired) electrons. The summed E-state index contributed by atoms with van der Waals surface area (Å²) in [5.41, 5.74) is 9.74. The first-order valence-corrected chi connectivity index (χ1v) is 22.4. The highest BCUT2D eigenvalue weighted by Gasteiger charge is 2.38. The minimum absolute atomic E-state index is 0.101. The highest BCUT2D eigenvalue weighted by Crippen LogP contribution is 2.46. The van der Waals surface area contributed by atoms with Crippen molar-refractivity contribution in [1.82, 2.24) is 20.0 Å². The van der Waals surface area contributed by atoms with Gasteiger partial charge in [-0.1, -0.05) is 35.3 Å². The van der Waals surface area contributed by atoms with Gasteiger partial charge < -0.3 is 64.3 Å². The molecule has 0 atom stereocenters. The molecule has 0 saturated carbocycles. The number of carboxylic acid groups (broad SMARTS) is 1. The second-order valence-corrected chi connectivity index (χ2v) is 16.7. The molecule has 4 aromatic rings. The van der Waals surface area contributed by atoms with Crippen LogP contribution in [0.15, 0.2) is 54.6 Å². The Kier molecular flexibility index (Phi) is 22.7. The number of urea groups is 1. The molecule has 69 heavy (non-hydrogen) atoms. The molecule has 2 heterocycles. The number of hydrogen-bond acceptors (Lipinski definition) is 13. The Hall–Kier alpha value is -5.23. The number of methoxy groups -OCH3 is 1. The molecule has 0 aliphatic carbocycles. The predicted molar refractivity (Wildman–Crippen MR) is 252 cm³/mol. The van der Waals surface area contributed by atoms with Crippen LogP contribution in [-0.2, 0) is 39.8 Å². The summed E-state index contributed by atoms with van der Waals surface area (Å²) in [6, 6.07) is 15.9. The fourth-order valence-electron chi connectivity index (χ4n) is 6.22. The SMILES string of the molecule is COc1cc2c(cc1-c1cccc(NC(=O)NCCOCCOCCOCCOCCOCCOCCN)c1)-c1c(c(C(=O)N(C)C(C)(C)C)nn1-c1cc(Cl)cc(Cl)c1)CO2.O=C(O)C(F)(F)F. The molecular weight excluding hydrogens is 956 g/mol. The number of carboxylic acids is 1. The van der Waals surface area contributed by atoms with E-state index in [1.165, 1.54) is 0 Å². The Labute approximate surface area is 408 Å². The number of fused-ring (bicyclic) bond motifs is 3. The zero-order valence-electron chi connectivity index (χ0n) is 39.0. The van der Waals surface area contributed by atoms with E-state index in [-0.39, 0.29) is 24.2 Å². The molecule has 380 valence electrons. The molecular formula is C46H59Cl2F3N6O12. The van der Waals surface area contributed by atoms with Crippen LogP contribution in [0.1, 0.15) is 36.8 Å². The molecule has 0 spiro atoms. The van der Waals surface area contributed by atoms with E-state index < -0.39 is 17.7 Å². The van der Waals surface area contributed by atoms with Gasteiger partial charge in [0.05, 0.1) is 97.8 Å². The monoisotopic (exact) mass is 1010 g/mol. The molecule has 0 saturated heterocycles. The van der Waals surface area contributed by atoms with Gasteiger partial charge >= 0.3 is 18.2 Å². The third-order valence-electron chi connectivity index (χ3n) is 9.85. The number of nitrogens with zero attached hydrogens (tertiary/aromatic N) is 3. The Balaban J connectivity index is 0.00000137. The van der Waals surface area contributed by atoms with Crippen molar-refractivity contribution >= 4 is 46.8 Å². The summed E-state index contributed by atoms with van der Waals surface area (Å²) in [6.07, 6.45) is -5.08. The average Bonchev–Trinajstić information content (AvgIpc) is 3.69. The molecule has 0 fully saturated rings. The number of hydrogen-bond donors (Lipinski definition) is 4. The van der Waals surface area contributed by atoms with Crippen molar-refractivity contribution < 1.29 is 70.6 Å². The number of ether oxygens (including phenoxy) is 8. The number of benzene rings is 3. The number of carbonyl (C=O) groups excluding carboxylic acids is 2. The van der Waals surface area contributed by atoms with Crippen LogP contribution >= 0.6 is 23.2 Å². The third-order valence-corrected chi connectivity index (χ3v) is 10.3. The van der Waals surface area contributed by atoms with E-state index in [0.717, 1.165) is 11.1 Å². The summed E-state index contributed by atoms with van der Waals surface area (Å²) < 4.78 is 78.3. The lowest BCUT2D eigenvalue weighted by Gasteiger charge is -2.31. The van der Waals surface area contributed by atoms with Crippen LogP contribution < -0.4 is 25.8 Å². The Morgan fingerprint density at radius 2 is 1.35 bits per heavy atom. The maximum absolute atomic E-state index is 14.0. The van der Waals surface area contributed by atoms with Crippen molar-refractivity contribution in [2.45, 2.75) is 39.1 Å². The van der Waals surface area contributed by atoms with Crippen molar-refractivity contribution in [3.8, 4) is 39.6 Å². The van der Waals surface area contributed by atoms with Gasteiger partial charge in [-0.15, -0.1) is 0 Å². The van der Waals surface area contributed by atoms with Gasteiger partial charge in [-0.05, 0) is 62.7 Å². The summed E-state index contributed by atoms with van der Waals surface area (Å²) in [5.74, 6) is -1.92. The van der Waals surface area contributed by atoms with Gasteiger partial charge in [0, 0.05) is 64.2 Å². The first kappa shape index (κ1) is 56.4. The van der Waals surface area contributed by atoms with Crippen molar-refractivity contribution in [2.24, 2.45) is 5.73 Å². The maximum Gasteiger partial charge on any atom is 0.490 e. The first-order valence-electron chi connectivity index (χ1n) is 21.7. The molecule has 5 rings (SSSR count). The molecule has 1 aliphatic heterocycles. The smallest absolute Gasteiger partial charge is 0.490 e. The van der Waals surface area contributed by atoms with Gasteiger partial charge in [0.2, 0.25) is 0 Å². The van der Waals surface area contributed by atoms with E-state index in [1.807, 2.05) is 51.1 Å². The van der Waals surface area contributed by atoms with Crippen molar-refractivity contribution in [3.05, 3.63) is 75.9 Å². The Bertz CT molecular complexity index is 2280. The third kappa shape index (κ3) is 17.9. The van der Waals surface area contributed by atoms with Crippen molar-refractivity contribution in [1.29, 1.82) is 0 Å². The normalized spacial score (nSPS) is 12.0. The molecule has 5 N–H and O–H groups in total. The van der Waals surface area contributed by atoms with Gasteiger partial charge in [0.25, 0.3) is 5.91 Å². The molecule has 3 aromatic carbocycles. The van der Waals surface area contributed by atoms with E-state index >= 15 is 0 Å². The minimum atomic E-state index is -5.08. The van der Waals surface area contributed by atoms with Crippen molar-refractivity contribution in [2.75, 3.05) is 112 Å². The second kappa shape index (κ2) is 27.8. The van der Waals surface area contributed by atoms with Gasteiger partial charge in [0.1, 0.15) is 18.1 Å². The van der Waals surface area contributed by atoms with Crippen LogP contribution in [0.25, 0.3) is 28.1 Å². The number of aromatic nitrogens is 2. The molecule has 0 unspecified atom stereocenters. The first-order chi connectivity index (χ1) is 32.8. The van der Waals surface area contributed by atoms with Crippen molar-refractivity contribution in [3.63, 3.8) is 0 Å². The maximum atomic E-state index is 14.0. The lowest BCUT2D eigenvalue weighted by Crippen LogP contribution is -2.43. The van der Waals surface area contributed by atoms with E-state index in [1.54, 1.807) is 48.0 Å². The van der Waals surface area contributed by atoms with Crippen LogP contribution in [-0.4, -0.2) is 156 Å². The number of amides is 3. The number of aliphatic carboxylic acids is 1. The van der Waals surface area contributed by atoms with Crippen LogP contribution in [0, 0.1) is 0 Å². The number of halogens is 5. The second-order valence-electron chi connectivity index (χ2n) is 15.8. The zero-order chi connectivity index (χ0) is 50.6. The number of nitrogens with one attached hydrogen (secondary N) is 2. The number of nitrogens with two attached hydrogens (primary N) is 1. The van der Waals surface area contributed by atoms with E-state index in [9.17, 15) is 22.8 Å². The summed E-state index contributed by atoms with van der Waals surface area (Å²) in [4.78, 5) is 37.4. The topological polar surface area (TPSA) is 216 Å². The standard InChI is InChI=1S/C44H58Cl2N6O10.C2HF3O2/c1-44(2,3)51(4)42(53)40-37-29-62-39-28-38(55-5)35(27-36(39)41(37)52(50-40)34-25-31(45)24-32(46)26-34)30-7-6-8-33(23-30)49-43(54)48-10-12-57-14-16-59-18-20-61-22-21-60-19-17-58-15-13-56-11-9-47;3-2(4,5)1(6)7/h6-8,23-28H,9-22,29,47H2,1-5H3,(H2,48,49,54);(H,6,7). The highest BCUT2D eigenvalue weighted by atomic mass is 35.5. The van der Waals surface area contributed by atoms with E-state index in [0.29, 0.717) is 142 Å². The lowest BCUT2D eigenvalue weighted by molar-refractivity contribution is -0.192. The van der Waals surface area contributed by atoms with Crippen LogP contribution in [0.5, 0.6) is 11.5 Å². The molecule has 0 bridgehead atoms. The molecule has 1 aromatic heterocycles. The summed E-state index contributed by atoms with van der Waals surface area (Å²) >= 11 is 12.9. The molecule has 18 nitrogen and oxygen atoms in total. The summed E-state index contributed by atoms with van der Waals surface area (Å²) in [6.45, 7) is 12.2. The Morgan fingerprint density at radius 1 is 0.812 bits per heavy atom. The minimum Gasteiger partial charge on any atom is -0.496 e. The van der Waals surface area contributed by atoms with Gasteiger partial charge in [-0.3, -0.25) is 4.79 Å². The number of rotatable bonds is 25. The molecule has 3 amide bonds. The van der Waals surface area contributed by atoms with Crippen LogP contribution in [0.2, 0.25) is 10.0 Å². The fraction of sp³-hybridized carbons (Fsp3) is 0.478. The van der Waals surface area contributed by atoms with Gasteiger partial charge in [-0.25, -0.2) is 14.3 Å². The Morgan fingerprint density at radius 3 is 1.86 bits per heavy atom. The lowest BCUT2D eigenvalue weighted by atomic mass is 9.95. The number of carbonyl (C=O) groups is 3. The zero-order valence-corrected chi connectivity index (χ0v) is 40.6.